The van der Waals surface area contributed by atoms with Gasteiger partial charge >= 0.3 is 11.0 Å². The van der Waals surface area contributed by atoms with Gasteiger partial charge in [-0.15, -0.1) is 0 Å². The number of benzene rings is 1. The van der Waals surface area contributed by atoms with Crippen LogP contribution in [-0.2, 0) is 9.53 Å². The summed E-state index contributed by atoms with van der Waals surface area (Å²) < 4.78 is 10.1. The molecule has 0 saturated carbocycles. The minimum Gasteiger partial charge on any atom is -0.495 e. The van der Waals surface area contributed by atoms with Crippen LogP contribution >= 0.6 is 11.3 Å². The van der Waals surface area contributed by atoms with Crippen molar-refractivity contribution < 1.29 is 24.0 Å². The number of carbonyl (C=O) groups excluding carboxylic acids is 2. The van der Waals surface area contributed by atoms with Crippen LogP contribution in [0.5, 0.6) is 5.75 Å². The van der Waals surface area contributed by atoms with Crippen LogP contribution in [-0.4, -0.2) is 30.0 Å². The number of carbonyl (C=O) groups is 2. The maximum atomic E-state index is 12.1. The standard InChI is InChI=1S/C15H14N2O6S/c1-9(14(18)16-10-5-3-4-6-11(10)22-2)23-15(19)12-7-8-13(24-12)17(20)21/h3-9H,1-2H3,(H,16,18)/t9-/m0/s1. The molecule has 0 fully saturated rings. The summed E-state index contributed by atoms with van der Waals surface area (Å²) in [6.07, 6.45) is -1.08. The average Bonchev–Trinajstić information content (AvgIpc) is 3.05. The summed E-state index contributed by atoms with van der Waals surface area (Å²) in [5.41, 5.74) is 0.444. The minimum absolute atomic E-state index is 0.0543. The second-order valence-corrected chi connectivity index (χ2v) is 5.69. The minimum atomic E-state index is -1.08. The molecule has 1 amide bonds. The van der Waals surface area contributed by atoms with Crippen molar-refractivity contribution in [1.82, 2.24) is 0 Å². The molecule has 24 heavy (non-hydrogen) atoms. The third-order valence-corrected chi connectivity index (χ3v) is 4.01. The van der Waals surface area contributed by atoms with Crippen LogP contribution in [0, 0.1) is 10.1 Å². The maximum Gasteiger partial charge on any atom is 0.349 e. The van der Waals surface area contributed by atoms with Crippen molar-refractivity contribution in [2.24, 2.45) is 0 Å². The Morgan fingerprint density at radius 3 is 2.58 bits per heavy atom. The zero-order chi connectivity index (χ0) is 17.7. The van der Waals surface area contributed by atoms with Crippen molar-refractivity contribution in [3.05, 3.63) is 51.4 Å². The van der Waals surface area contributed by atoms with Gasteiger partial charge in [-0.25, -0.2) is 4.79 Å². The van der Waals surface area contributed by atoms with Crippen LogP contribution in [0.3, 0.4) is 0 Å². The molecular weight excluding hydrogens is 336 g/mol. The van der Waals surface area contributed by atoms with Gasteiger partial charge in [-0.3, -0.25) is 14.9 Å². The molecule has 1 heterocycles. The smallest absolute Gasteiger partial charge is 0.349 e. The van der Waals surface area contributed by atoms with Gasteiger partial charge in [0.25, 0.3) is 5.91 Å². The monoisotopic (exact) mass is 350 g/mol. The predicted octanol–water partition coefficient (Wildman–Crippen LogP) is 2.85. The highest BCUT2D eigenvalue weighted by Gasteiger charge is 2.22. The Kier molecular flexibility index (Phi) is 5.48. The summed E-state index contributed by atoms with van der Waals surface area (Å²) in [5.74, 6) is -0.868. The molecule has 0 aliphatic heterocycles. The molecule has 2 rings (SSSR count). The first-order chi connectivity index (χ1) is 11.4. The molecule has 0 aliphatic carbocycles. The van der Waals surface area contributed by atoms with E-state index < -0.39 is 22.9 Å². The summed E-state index contributed by atoms with van der Waals surface area (Å²) in [7, 11) is 1.47. The number of amides is 1. The molecule has 1 aromatic carbocycles. The summed E-state index contributed by atoms with van der Waals surface area (Å²) >= 11 is 0.688. The fourth-order valence-corrected chi connectivity index (χ4v) is 2.49. The zero-order valence-electron chi connectivity index (χ0n) is 12.8. The normalized spacial score (nSPS) is 11.4. The molecule has 9 heteroatoms. The van der Waals surface area contributed by atoms with Gasteiger partial charge in [0.15, 0.2) is 6.10 Å². The number of rotatable bonds is 6. The Balaban J connectivity index is 2.00. The fourth-order valence-electron chi connectivity index (χ4n) is 1.79. The van der Waals surface area contributed by atoms with E-state index in [-0.39, 0.29) is 9.88 Å². The van der Waals surface area contributed by atoms with Gasteiger partial charge in [-0.05, 0) is 25.1 Å². The first-order valence-electron chi connectivity index (χ1n) is 6.81. The molecule has 1 aromatic heterocycles. The molecular formula is C15H14N2O6S. The number of methoxy groups -OCH3 is 1. The number of esters is 1. The Hall–Kier alpha value is -2.94. The molecule has 0 saturated heterocycles. The van der Waals surface area contributed by atoms with E-state index in [1.807, 2.05) is 0 Å². The molecule has 8 nitrogen and oxygen atoms in total. The molecule has 0 unspecified atom stereocenters. The first-order valence-corrected chi connectivity index (χ1v) is 7.63. The number of hydrogen-bond donors (Lipinski definition) is 1. The highest BCUT2D eigenvalue weighted by Crippen LogP contribution is 2.25. The van der Waals surface area contributed by atoms with Crippen LogP contribution in [0.4, 0.5) is 10.7 Å². The van der Waals surface area contributed by atoms with Gasteiger partial charge in [-0.2, -0.15) is 0 Å². The second kappa shape index (κ2) is 7.55. The van der Waals surface area contributed by atoms with Crippen LogP contribution in [0.2, 0.25) is 0 Å². The fraction of sp³-hybridized carbons (Fsp3) is 0.200. The van der Waals surface area contributed by atoms with Gasteiger partial charge in [0.1, 0.15) is 10.6 Å². The van der Waals surface area contributed by atoms with E-state index in [2.05, 4.69) is 5.32 Å². The lowest BCUT2D eigenvalue weighted by Gasteiger charge is -2.14. The number of anilines is 1. The molecule has 2 aromatic rings. The Morgan fingerprint density at radius 2 is 1.96 bits per heavy atom. The van der Waals surface area contributed by atoms with Gasteiger partial charge in [0.2, 0.25) is 0 Å². The molecule has 126 valence electrons. The van der Waals surface area contributed by atoms with Gasteiger partial charge in [0, 0.05) is 6.07 Å². The van der Waals surface area contributed by atoms with Gasteiger partial charge in [-0.1, -0.05) is 23.5 Å². The molecule has 0 radical (unpaired) electrons. The van der Waals surface area contributed by atoms with Crippen LogP contribution in [0.1, 0.15) is 16.6 Å². The SMILES string of the molecule is COc1ccccc1NC(=O)[C@H](C)OC(=O)c1ccc([N+](=O)[O-])s1. The molecule has 1 N–H and O–H groups in total. The van der Waals surface area contributed by atoms with Crippen molar-refractivity contribution in [3.63, 3.8) is 0 Å². The predicted molar refractivity (Wildman–Crippen MR) is 87.5 cm³/mol. The van der Waals surface area contributed by atoms with E-state index in [1.54, 1.807) is 24.3 Å². The molecule has 0 spiro atoms. The lowest BCUT2D eigenvalue weighted by atomic mass is 10.2. The van der Waals surface area contributed by atoms with E-state index in [4.69, 9.17) is 9.47 Å². The summed E-state index contributed by atoms with van der Waals surface area (Å²) in [6.45, 7) is 1.41. The topological polar surface area (TPSA) is 108 Å². The van der Waals surface area contributed by atoms with Crippen molar-refractivity contribution in [3.8, 4) is 5.75 Å². The first kappa shape index (κ1) is 17.4. The summed E-state index contributed by atoms with van der Waals surface area (Å²) in [6, 6.07) is 9.29. The van der Waals surface area contributed by atoms with E-state index >= 15 is 0 Å². The number of thiophene rings is 1. The Morgan fingerprint density at radius 1 is 1.25 bits per heavy atom. The summed E-state index contributed by atoms with van der Waals surface area (Å²) in [5, 5.41) is 13.0. The van der Waals surface area contributed by atoms with Crippen molar-refractivity contribution >= 4 is 33.9 Å². The number of nitrogens with one attached hydrogen (secondary N) is 1. The molecule has 0 bridgehead atoms. The van der Waals surface area contributed by atoms with Crippen LogP contribution in [0.25, 0.3) is 0 Å². The van der Waals surface area contributed by atoms with Gasteiger partial charge in [0.05, 0.1) is 17.7 Å². The Bertz CT molecular complexity index is 773. The van der Waals surface area contributed by atoms with E-state index in [9.17, 15) is 19.7 Å². The number of nitro groups is 1. The van der Waals surface area contributed by atoms with Gasteiger partial charge < -0.3 is 14.8 Å². The van der Waals surface area contributed by atoms with Crippen LogP contribution in [0.15, 0.2) is 36.4 Å². The maximum absolute atomic E-state index is 12.1. The number of hydrogen-bond acceptors (Lipinski definition) is 7. The third-order valence-electron chi connectivity index (χ3n) is 2.99. The molecule has 0 aliphatic rings. The highest BCUT2D eigenvalue weighted by atomic mass is 32.1. The number of para-hydroxylation sites is 2. The lowest BCUT2D eigenvalue weighted by Crippen LogP contribution is -2.29. The third kappa shape index (κ3) is 4.07. The number of nitrogens with zero attached hydrogens (tertiary/aromatic N) is 1. The quantitative estimate of drug-likeness (QED) is 0.487. The summed E-state index contributed by atoms with van der Waals surface area (Å²) in [4.78, 5) is 34.1. The highest BCUT2D eigenvalue weighted by molar-refractivity contribution is 7.17. The Labute approximate surface area is 141 Å². The van der Waals surface area contributed by atoms with Crippen LogP contribution < -0.4 is 10.1 Å². The van der Waals surface area contributed by atoms with E-state index in [1.165, 1.54) is 26.2 Å². The lowest BCUT2D eigenvalue weighted by molar-refractivity contribution is -0.380. The number of ether oxygens (including phenoxy) is 2. The van der Waals surface area contributed by atoms with E-state index in [0.717, 1.165) is 0 Å². The zero-order valence-corrected chi connectivity index (χ0v) is 13.7. The van der Waals surface area contributed by atoms with Crippen molar-refractivity contribution in [1.29, 1.82) is 0 Å². The van der Waals surface area contributed by atoms with E-state index in [0.29, 0.717) is 22.8 Å². The second-order valence-electron chi connectivity index (χ2n) is 4.63. The van der Waals surface area contributed by atoms with Crippen molar-refractivity contribution in [2.45, 2.75) is 13.0 Å². The average molecular weight is 350 g/mol. The van der Waals surface area contributed by atoms with Crippen molar-refractivity contribution in [2.75, 3.05) is 12.4 Å². The molecule has 1 atom stereocenters. The largest absolute Gasteiger partial charge is 0.495 e.